The Bertz CT molecular complexity index is 1100. The largest absolute Gasteiger partial charge is 0.407 e. The third-order valence-corrected chi connectivity index (χ3v) is 5.89. The Hall–Kier alpha value is -2.70. The van der Waals surface area contributed by atoms with Crippen molar-refractivity contribution in [3.63, 3.8) is 0 Å². The summed E-state index contributed by atoms with van der Waals surface area (Å²) in [6, 6.07) is 15.9. The molecule has 1 amide bonds. The van der Waals surface area contributed by atoms with Crippen molar-refractivity contribution >= 4 is 44.9 Å². The van der Waals surface area contributed by atoms with E-state index in [-0.39, 0.29) is 11.9 Å². The number of carbonyl (C=O) groups is 1. The van der Waals surface area contributed by atoms with E-state index in [0.29, 0.717) is 22.2 Å². The maximum absolute atomic E-state index is 12.5. The minimum absolute atomic E-state index is 0.0636. The molecular weight excluding hydrogens is 382 g/mol. The molecule has 0 unspecified atom stereocenters. The lowest BCUT2D eigenvalue weighted by atomic mass is 10.1. The van der Waals surface area contributed by atoms with Crippen molar-refractivity contribution in [1.29, 1.82) is 0 Å². The van der Waals surface area contributed by atoms with Gasteiger partial charge in [-0.25, -0.2) is 0 Å². The Balaban J connectivity index is 1.48. The molecule has 0 fully saturated rings. The number of aromatic nitrogens is 2. The van der Waals surface area contributed by atoms with Gasteiger partial charge in [-0.15, -0.1) is 16.4 Å². The number of carbonyl (C=O) groups excluding carboxylic acids is 1. The summed E-state index contributed by atoms with van der Waals surface area (Å²) in [6.45, 7) is 2.12. The molecule has 0 atom stereocenters. The lowest BCUT2D eigenvalue weighted by molar-refractivity contribution is 0.102. The third-order valence-electron chi connectivity index (χ3n) is 4.22. The molecule has 2 heterocycles. The summed E-state index contributed by atoms with van der Waals surface area (Å²) in [6.07, 6.45) is 1.51. The highest BCUT2D eigenvalue weighted by atomic mass is 35.5. The van der Waals surface area contributed by atoms with Gasteiger partial charge in [-0.1, -0.05) is 66.1 Å². The quantitative estimate of drug-likeness (QED) is 0.493. The van der Waals surface area contributed by atoms with Gasteiger partial charge in [0, 0.05) is 10.1 Å². The Kier molecular flexibility index (Phi) is 4.92. The van der Waals surface area contributed by atoms with Crippen LogP contribution in [-0.2, 0) is 12.8 Å². The average molecular weight is 398 g/mol. The number of nitrogens with one attached hydrogen (secondary N) is 1. The van der Waals surface area contributed by atoms with Gasteiger partial charge >= 0.3 is 6.01 Å². The van der Waals surface area contributed by atoms with Crippen LogP contribution in [0.4, 0.5) is 6.01 Å². The summed E-state index contributed by atoms with van der Waals surface area (Å²) >= 11 is 7.67. The Morgan fingerprint density at radius 3 is 2.59 bits per heavy atom. The van der Waals surface area contributed by atoms with E-state index in [4.69, 9.17) is 16.0 Å². The van der Waals surface area contributed by atoms with Crippen LogP contribution >= 0.6 is 22.9 Å². The maximum atomic E-state index is 12.5. The molecule has 7 heteroatoms. The zero-order valence-electron chi connectivity index (χ0n) is 14.5. The second-order valence-corrected chi connectivity index (χ2v) is 7.47. The first-order chi connectivity index (χ1) is 13.1. The molecule has 1 N–H and O–H groups in total. The van der Waals surface area contributed by atoms with Crippen LogP contribution in [0.1, 0.15) is 33.6 Å². The first kappa shape index (κ1) is 17.7. The fourth-order valence-electron chi connectivity index (χ4n) is 2.76. The number of hydrogen-bond donors (Lipinski definition) is 1. The van der Waals surface area contributed by atoms with Gasteiger partial charge in [0.05, 0.1) is 11.4 Å². The monoisotopic (exact) mass is 397 g/mol. The molecule has 2 aromatic carbocycles. The molecule has 5 nitrogen and oxygen atoms in total. The molecule has 0 saturated carbocycles. The summed E-state index contributed by atoms with van der Waals surface area (Å²) in [5.74, 6) is 0.0840. The van der Waals surface area contributed by atoms with Crippen molar-refractivity contribution in [2.75, 3.05) is 5.32 Å². The van der Waals surface area contributed by atoms with Crippen LogP contribution in [0.25, 0.3) is 10.1 Å². The van der Waals surface area contributed by atoms with E-state index < -0.39 is 0 Å². The van der Waals surface area contributed by atoms with E-state index in [1.165, 1.54) is 16.9 Å². The number of rotatable bonds is 5. The van der Waals surface area contributed by atoms with Crippen LogP contribution in [-0.4, -0.2) is 16.1 Å². The van der Waals surface area contributed by atoms with Crippen LogP contribution in [0, 0.1) is 0 Å². The van der Waals surface area contributed by atoms with E-state index >= 15 is 0 Å². The van der Waals surface area contributed by atoms with Crippen LogP contribution < -0.4 is 5.32 Å². The summed E-state index contributed by atoms with van der Waals surface area (Å²) in [5.41, 5.74) is 2.35. The van der Waals surface area contributed by atoms with Crippen LogP contribution in [0.5, 0.6) is 0 Å². The zero-order chi connectivity index (χ0) is 18.8. The molecule has 0 bridgehead atoms. The summed E-state index contributed by atoms with van der Waals surface area (Å²) < 4.78 is 6.51. The number of benzene rings is 2. The molecule has 4 aromatic rings. The molecule has 0 spiro atoms. The number of hydrogen-bond acceptors (Lipinski definition) is 5. The maximum Gasteiger partial charge on any atom is 0.322 e. The van der Waals surface area contributed by atoms with E-state index in [9.17, 15) is 4.79 Å². The van der Waals surface area contributed by atoms with Crippen molar-refractivity contribution in [2.24, 2.45) is 0 Å². The topological polar surface area (TPSA) is 68.0 Å². The number of aryl methyl sites for hydroxylation is 1. The highest BCUT2D eigenvalue weighted by Gasteiger charge is 2.19. The number of amides is 1. The summed E-state index contributed by atoms with van der Waals surface area (Å²) in [7, 11) is 0. The lowest BCUT2D eigenvalue weighted by Crippen LogP contribution is -2.10. The third kappa shape index (κ3) is 3.72. The Morgan fingerprint density at radius 2 is 1.85 bits per heavy atom. The first-order valence-corrected chi connectivity index (χ1v) is 9.72. The van der Waals surface area contributed by atoms with E-state index in [0.717, 1.165) is 22.1 Å². The van der Waals surface area contributed by atoms with Gasteiger partial charge in [0.15, 0.2) is 0 Å². The number of anilines is 1. The van der Waals surface area contributed by atoms with Crippen LogP contribution in [0.2, 0.25) is 5.02 Å². The zero-order valence-corrected chi connectivity index (χ0v) is 16.1. The molecule has 27 heavy (non-hydrogen) atoms. The average Bonchev–Trinajstić information content (AvgIpc) is 3.27. The Labute approximate surface area is 165 Å². The molecule has 136 valence electrons. The normalized spacial score (nSPS) is 11.0. The molecule has 0 aliphatic carbocycles. The smallest absolute Gasteiger partial charge is 0.322 e. The van der Waals surface area contributed by atoms with Crippen LogP contribution in [0.15, 0.2) is 52.9 Å². The standard InChI is InChI=1S/C20H16ClN3O2S/c1-2-12-7-9-13(10-8-12)11-16-23-24-20(26-16)22-19(25)18-17(21)14-5-3-4-6-15(14)27-18/h3-10H,2,11H2,1H3,(H,22,24,25). The number of nitrogens with zero attached hydrogens (tertiary/aromatic N) is 2. The van der Waals surface area contributed by atoms with Gasteiger partial charge in [-0.3, -0.25) is 10.1 Å². The number of thiophene rings is 1. The molecular formula is C20H16ClN3O2S. The fraction of sp³-hybridized carbons (Fsp3) is 0.150. The minimum Gasteiger partial charge on any atom is -0.407 e. The molecule has 0 aliphatic heterocycles. The second kappa shape index (κ2) is 7.50. The van der Waals surface area contributed by atoms with Crippen molar-refractivity contribution in [3.05, 3.63) is 75.4 Å². The molecule has 0 radical (unpaired) electrons. The van der Waals surface area contributed by atoms with Crippen molar-refractivity contribution in [1.82, 2.24) is 10.2 Å². The SMILES string of the molecule is CCc1ccc(Cc2nnc(NC(=O)c3sc4ccccc4c3Cl)o2)cc1. The van der Waals surface area contributed by atoms with E-state index in [1.807, 2.05) is 36.4 Å². The van der Waals surface area contributed by atoms with Gasteiger partial charge < -0.3 is 4.42 Å². The predicted octanol–water partition coefficient (Wildman–Crippen LogP) is 5.34. The van der Waals surface area contributed by atoms with Crippen molar-refractivity contribution < 1.29 is 9.21 Å². The summed E-state index contributed by atoms with van der Waals surface area (Å²) in [4.78, 5) is 13.0. The Morgan fingerprint density at radius 1 is 1.11 bits per heavy atom. The molecule has 0 aliphatic rings. The fourth-order valence-corrected chi connectivity index (χ4v) is 4.17. The second-order valence-electron chi connectivity index (χ2n) is 6.04. The van der Waals surface area contributed by atoms with E-state index in [2.05, 4.69) is 34.6 Å². The number of halogens is 1. The first-order valence-electron chi connectivity index (χ1n) is 8.52. The number of fused-ring (bicyclic) bond motifs is 1. The molecule has 0 saturated heterocycles. The van der Waals surface area contributed by atoms with Crippen LogP contribution in [0.3, 0.4) is 0 Å². The van der Waals surface area contributed by atoms with E-state index in [1.54, 1.807) is 0 Å². The van der Waals surface area contributed by atoms with Gasteiger partial charge in [0.2, 0.25) is 5.89 Å². The molecule has 2 aromatic heterocycles. The lowest BCUT2D eigenvalue weighted by Gasteiger charge is -2.00. The van der Waals surface area contributed by atoms with Gasteiger partial charge in [0.1, 0.15) is 4.88 Å². The summed E-state index contributed by atoms with van der Waals surface area (Å²) in [5, 5.41) is 11.8. The molecule has 4 rings (SSSR count). The predicted molar refractivity (Wildman–Crippen MR) is 108 cm³/mol. The van der Waals surface area contributed by atoms with Gasteiger partial charge in [0.25, 0.3) is 5.91 Å². The van der Waals surface area contributed by atoms with Gasteiger partial charge in [-0.05, 0) is 23.6 Å². The van der Waals surface area contributed by atoms with Gasteiger partial charge in [-0.2, -0.15) is 0 Å². The minimum atomic E-state index is -0.358. The highest BCUT2D eigenvalue weighted by molar-refractivity contribution is 7.21. The van der Waals surface area contributed by atoms with Crippen molar-refractivity contribution in [3.8, 4) is 0 Å². The highest BCUT2D eigenvalue weighted by Crippen LogP contribution is 2.35. The van der Waals surface area contributed by atoms with Crippen molar-refractivity contribution in [2.45, 2.75) is 19.8 Å².